The molecule has 2 N–H and O–H groups in total. The van der Waals surface area contributed by atoms with Crippen molar-refractivity contribution in [2.24, 2.45) is 0 Å². The van der Waals surface area contributed by atoms with Crippen LogP contribution in [0, 0.1) is 6.92 Å². The lowest BCUT2D eigenvalue weighted by Crippen LogP contribution is -2.24. The second-order valence-corrected chi connectivity index (χ2v) is 3.87. The molecule has 0 aliphatic heterocycles. The van der Waals surface area contributed by atoms with Gasteiger partial charge in [-0.1, -0.05) is 30.8 Å². The molecule has 0 aliphatic carbocycles. The highest BCUT2D eigenvalue weighted by atomic mass is 16.4. The second kappa shape index (κ2) is 5.47. The minimum Gasteiger partial charge on any atom is -0.478 e. The van der Waals surface area contributed by atoms with Gasteiger partial charge in [0.25, 0.3) is 0 Å². The Hall–Kier alpha value is -1.61. The highest BCUT2D eigenvalue weighted by Crippen LogP contribution is 2.16. The quantitative estimate of drug-likeness (QED) is 0.747. The molecule has 1 aromatic carbocycles. The van der Waals surface area contributed by atoms with Gasteiger partial charge < -0.3 is 10.4 Å². The molecule has 3 nitrogen and oxygen atoms in total. The van der Waals surface area contributed by atoms with Crippen molar-refractivity contribution in [3.8, 4) is 0 Å². The molecule has 0 heterocycles. The Balaban J connectivity index is 2.60. The van der Waals surface area contributed by atoms with Crippen LogP contribution in [0.2, 0.25) is 0 Å². The largest absolute Gasteiger partial charge is 0.478 e. The van der Waals surface area contributed by atoms with Crippen molar-refractivity contribution < 1.29 is 9.90 Å². The van der Waals surface area contributed by atoms with E-state index in [-0.39, 0.29) is 11.6 Å². The lowest BCUT2D eigenvalue weighted by molar-refractivity contribution is -0.132. The molecule has 16 heavy (non-hydrogen) atoms. The summed E-state index contributed by atoms with van der Waals surface area (Å²) in [5.41, 5.74) is 2.56. The smallest absolute Gasteiger partial charge is 0.332 e. The number of rotatable bonds is 5. The molecule has 1 unspecified atom stereocenters. The lowest BCUT2D eigenvalue weighted by atomic mass is 10.0. The van der Waals surface area contributed by atoms with Crippen molar-refractivity contribution in [3.63, 3.8) is 0 Å². The molecule has 0 saturated heterocycles. The molecule has 86 valence electrons. The molecule has 0 spiro atoms. The van der Waals surface area contributed by atoms with Crippen LogP contribution in [-0.4, -0.2) is 17.6 Å². The van der Waals surface area contributed by atoms with E-state index in [2.05, 4.69) is 11.9 Å². The number of hydrogen-bond acceptors (Lipinski definition) is 2. The molecule has 1 atom stereocenters. The third-order valence-electron chi connectivity index (χ3n) is 2.58. The van der Waals surface area contributed by atoms with E-state index in [1.54, 1.807) is 0 Å². The van der Waals surface area contributed by atoms with Crippen LogP contribution in [-0.2, 0) is 4.79 Å². The zero-order valence-electron chi connectivity index (χ0n) is 9.66. The number of nitrogens with one attached hydrogen (secondary N) is 1. The number of benzene rings is 1. The van der Waals surface area contributed by atoms with Crippen LogP contribution in [0.5, 0.6) is 0 Å². The van der Waals surface area contributed by atoms with Crippen molar-refractivity contribution in [1.29, 1.82) is 0 Å². The summed E-state index contributed by atoms with van der Waals surface area (Å²) in [6.45, 7) is 7.83. The van der Waals surface area contributed by atoms with E-state index in [0.717, 1.165) is 0 Å². The fourth-order valence-corrected chi connectivity index (χ4v) is 1.53. The van der Waals surface area contributed by atoms with Crippen LogP contribution in [0.4, 0.5) is 0 Å². The normalized spacial score (nSPS) is 12.1. The molecule has 0 aliphatic rings. The maximum atomic E-state index is 10.6. The van der Waals surface area contributed by atoms with Gasteiger partial charge in [0.1, 0.15) is 0 Å². The van der Waals surface area contributed by atoms with E-state index < -0.39 is 5.97 Å². The van der Waals surface area contributed by atoms with Crippen molar-refractivity contribution in [3.05, 3.63) is 47.5 Å². The molecule has 0 saturated carbocycles. The number of carboxylic acids is 1. The predicted molar refractivity (Wildman–Crippen MR) is 64.4 cm³/mol. The van der Waals surface area contributed by atoms with Gasteiger partial charge in [0.15, 0.2) is 0 Å². The van der Waals surface area contributed by atoms with Crippen LogP contribution in [0.15, 0.2) is 36.4 Å². The number of aliphatic carboxylic acids is 1. The average Bonchev–Trinajstić information content (AvgIpc) is 2.25. The molecule has 0 radical (unpaired) electrons. The first-order valence-electron chi connectivity index (χ1n) is 5.22. The molecular formula is C13H17NO2. The van der Waals surface area contributed by atoms with Crippen LogP contribution in [0.3, 0.4) is 0 Å². The highest BCUT2D eigenvalue weighted by molar-refractivity contribution is 5.86. The van der Waals surface area contributed by atoms with Gasteiger partial charge in [-0.25, -0.2) is 4.79 Å². The lowest BCUT2D eigenvalue weighted by Gasteiger charge is -2.16. The number of carbonyl (C=O) groups is 1. The van der Waals surface area contributed by atoms with Gasteiger partial charge in [-0.15, -0.1) is 0 Å². The molecule has 1 aromatic rings. The molecule has 0 bridgehead atoms. The minimum atomic E-state index is -0.954. The second-order valence-electron chi connectivity index (χ2n) is 3.87. The minimum absolute atomic E-state index is 0.122. The molecule has 0 fully saturated rings. The zero-order chi connectivity index (χ0) is 12.1. The van der Waals surface area contributed by atoms with E-state index in [9.17, 15) is 4.79 Å². The SMILES string of the molecule is C=C(CNC(C)c1ccccc1C)C(=O)O. The van der Waals surface area contributed by atoms with Crippen LogP contribution >= 0.6 is 0 Å². The topological polar surface area (TPSA) is 49.3 Å². The predicted octanol–water partition coefficient (Wildman–Crippen LogP) is 2.29. The summed E-state index contributed by atoms with van der Waals surface area (Å²) in [5.74, 6) is -0.954. The molecule has 3 heteroatoms. The first-order chi connectivity index (χ1) is 7.52. The summed E-state index contributed by atoms with van der Waals surface area (Å²) in [6.07, 6.45) is 0. The summed E-state index contributed by atoms with van der Waals surface area (Å²) < 4.78 is 0. The van der Waals surface area contributed by atoms with Gasteiger partial charge >= 0.3 is 5.97 Å². The fourth-order valence-electron chi connectivity index (χ4n) is 1.53. The molecule has 0 aromatic heterocycles. The Bertz CT molecular complexity index is 399. The van der Waals surface area contributed by atoms with Crippen LogP contribution in [0.25, 0.3) is 0 Å². The Labute approximate surface area is 95.8 Å². The Morgan fingerprint density at radius 2 is 2.12 bits per heavy atom. The first-order valence-corrected chi connectivity index (χ1v) is 5.22. The summed E-state index contributed by atoms with van der Waals surface area (Å²) in [6, 6.07) is 8.17. The third kappa shape index (κ3) is 3.21. The van der Waals surface area contributed by atoms with Crippen molar-refractivity contribution in [2.75, 3.05) is 6.54 Å². The van der Waals surface area contributed by atoms with Gasteiger partial charge in [0.2, 0.25) is 0 Å². The number of hydrogen-bond donors (Lipinski definition) is 2. The zero-order valence-corrected chi connectivity index (χ0v) is 9.66. The van der Waals surface area contributed by atoms with Crippen molar-refractivity contribution >= 4 is 5.97 Å². The van der Waals surface area contributed by atoms with Gasteiger partial charge in [-0.2, -0.15) is 0 Å². The summed E-state index contributed by atoms with van der Waals surface area (Å²) in [7, 11) is 0. The highest BCUT2D eigenvalue weighted by Gasteiger charge is 2.09. The van der Waals surface area contributed by atoms with E-state index in [1.807, 2.05) is 38.1 Å². The number of carboxylic acid groups (broad SMARTS) is 1. The number of aryl methyl sites for hydroxylation is 1. The molecular weight excluding hydrogens is 202 g/mol. The van der Waals surface area contributed by atoms with Gasteiger partial charge in [0.05, 0.1) is 0 Å². The van der Waals surface area contributed by atoms with Gasteiger partial charge in [-0.3, -0.25) is 0 Å². The van der Waals surface area contributed by atoms with Crippen LogP contribution < -0.4 is 5.32 Å². The maximum Gasteiger partial charge on any atom is 0.332 e. The molecule has 1 rings (SSSR count). The first kappa shape index (κ1) is 12.5. The molecule has 0 amide bonds. The Kier molecular flexibility index (Phi) is 4.26. The van der Waals surface area contributed by atoms with Crippen LogP contribution in [0.1, 0.15) is 24.1 Å². The maximum absolute atomic E-state index is 10.6. The standard InChI is InChI=1S/C13H17NO2/c1-9-6-4-5-7-12(9)11(3)14-8-10(2)13(15)16/h4-7,11,14H,2,8H2,1,3H3,(H,15,16). The Morgan fingerprint density at radius 3 is 2.69 bits per heavy atom. The summed E-state index contributed by atoms with van der Waals surface area (Å²) in [4.78, 5) is 10.6. The summed E-state index contributed by atoms with van der Waals surface area (Å²) >= 11 is 0. The monoisotopic (exact) mass is 219 g/mol. The third-order valence-corrected chi connectivity index (χ3v) is 2.58. The van der Waals surface area contributed by atoms with Gasteiger partial charge in [0, 0.05) is 18.2 Å². The fraction of sp³-hybridized carbons (Fsp3) is 0.308. The van der Waals surface area contributed by atoms with E-state index in [0.29, 0.717) is 6.54 Å². The van der Waals surface area contributed by atoms with Crippen molar-refractivity contribution in [1.82, 2.24) is 5.32 Å². The van der Waals surface area contributed by atoms with Crippen molar-refractivity contribution in [2.45, 2.75) is 19.9 Å². The van der Waals surface area contributed by atoms with E-state index >= 15 is 0 Å². The summed E-state index contributed by atoms with van der Waals surface area (Å²) in [5, 5.41) is 11.8. The van der Waals surface area contributed by atoms with Gasteiger partial charge in [-0.05, 0) is 25.0 Å². The Morgan fingerprint density at radius 1 is 1.50 bits per heavy atom. The van der Waals surface area contributed by atoms with E-state index in [1.165, 1.54) is 11.1 Å². The van der Waals surface area contributed by atoms with E-state index in [4.69, 9.17) is 5.11 Å². The average molecular weight is 219 g/mol.